The maximum atomic E-state index is 11.0. The van der Waals surface area contributed by atoms with Gasteiger partial charge in [0.15, 0.2) is 0 Å². The summed E-state index contributed by atoms with van der Waals surface area (Å²) in [5, 5.41) is 16.7. The number of hydrogen-bond donors (Lipinski definition) is 2. The number of amides is 1. The van der Waals surface area contributed by atoms with E-state index in [9.17, 15) is 14.9 Å². The Kier molecular flexibility index (Phi) is 4.54. The van der Waals surface area contributed by atoms with Gasteiger partial charge in [0, 0.05) is 35.8 Å². The molecule has 2 aromatic rings. The summed E-state index contributed by atoms with van der Waals surface area (Å²) in [6, 6.07) is 8.87. The SMILES string of the molecule is CC(=O)Nc1ccc(NCc2ccc([N+](=O)[O-])s2)cc1C. The quantitative estimate of drug-likeness (QED) is 0.653. The van der Waals surface area contributed by atoms with E-state index in [4.69, 9.17) is 0 Å². The van der Waals surface area contributed by atoms with Gasteiger partial charge in [-0.1, -0.05) is 11.3 Å². The molecule has 2 rings (SSSR count). The summed E-state index contributed by atoms with van der Waals surface area (Å²) in [4.78, 5) is 22.2. The van der Waals surface area contributed by atoms with E-state index in [0.717, 1.165) is 33.2 Å². The Hall–Kier alpha value is -2.41. The lowest BCUT2D eigenvalue weighted by Crippen LogP contribution is -2.07. The molecule has 2 N–H and O–H groups in total. The second-order valence-electron chi connectivity index (χ2n) is 4.56. The van der Waals surface area contributed by atoms with E-state index in [1.807, 2.05) is 25.1 Å². The van der Waals surface area contributed by atoms with Gasteiger partial charge in [0.25, 0.3) is 0 Å². The van der Waals surface area contributed by atoms with E-state index < -0.39 is 0 Å². The van der Waals surface area contributed by atoms with Gasteiger partial charge >= 0.3 is 5.00 Å². The normalized spacial score (nSPS) is 10.2. The number of thiophene rings is 1. The number of rotatable bonds is 5. The highest BCUT2D eigenvalue weighted by atomic mass is 32.1. The molecule has 0 unspecified atom stereocenters. The van der Waals surface area contributed by atoms with Crippen LogP contribution < -0.4 is 10.6 Å². The van der Waals surface area contributed by atoms with Gasteiger partial charge < -0.3 is 10.6 Å². The minimum absolute atomic E-state index is 0.107. The standard InChI is InChI=1S/C14H15N3O3S/c1-9-7-11(3-5-13(9)16-10(2)18)15-8-12-4-6-14(21-12)17(19)20/h3-7,15H,8H2,1-2H3,(H,16,18). The van der Waals surface area contributed by atoms with Crippen LogP contribution in [0.2, 0.25) is 0 Å². The number of aryl methyl sites for hydroxylation is 1. The van der Waals surface area contributed by atoms with E-state index in [-0.39, 0.29) is 15.8 Å². The Morgan fingerprint density at radius 3 is 2.67 bits per heavy atom. The molecule has 21 heavy (non-hydrogen) atoms. The van der Waals surface area contributed by atoms with Crippen LogP contribution in [0.15, 0.2) is 30.3 Å². The van der Waals surface area contributed by atoms with E-state index in [1.165, 1.54) is 13.0 Å². The summed E-state index contributed by atoms with van der Waals surface area (Å²) < 4.78 is 0. The molecule has 0 atom stereocenters. The topological polar surface area (TPSA) is 84.3 Å². The number of nitrogens with one attached hydrogen (secondary N) is 2. The van der Waals surface area contributed by atoms with Gasteiger partial charge in [-0.2, -0.15) is 0 Å². The number of benzene rings is 1. The minimum atomic E-state index is -0.388. The molecule has 0 saturated heterocycles. The maximum Gasteiger partial charge on any atom is 0.324 e. The zero-order valence-corrected chi connectivity index (χ0v) is 12.5. The first kappa shape index (κ1) is 15.0. The highest BCUT2D eigenvalue weighted by Crippen LogP contribution is 2.25. The van der Waals surface area contributed by atoms with Crippen molar-refractivity contribution in [2.24, 2.45) is 0 Å². The Bertz CT molecular complexity index is 682. The van der Waals surface area contributed by atoms with Crippen LogP contribution in [0.1, 0.15) is 17.4 Å². The third-order valence-electron chi connectivity index (χ3n) is 2.83. The Morgan fingerprint density at radius 1 is 1.33 bits per heavy atom. The largest absolute Gasteiger partial charge is 0.380 e. The number of nitrogens with zero attached hydrogens (tertiary/aromatic N) is 1. The molecule has 1 aromatic carbocycles. The fraction of sp³-hybridized carbons (Fsp3) is 0.214. The molecule has 6 nitrogen and oxygen atoms in total. The third-order valence-corrected chi connectivity index (χ3v) is 3.87. The Balaban J connectivity index is 2.01. The van der Waals surface area contributed by atoms with Crippen LogP contribution in [0.4, 0.5) is 16.4 Å². The van der Waals surface area contributed by atoms with Crippen LogP contribution >= 0.6 is 11.3 Å². The summed E-state index contributed by atoms with van der Waals surface area (Å²) in [6.45, 7) is 3.90. The van der Waals surface area contributed by atoms with Gasteiger partial charge in [-0.3, -0.25) is 14.9 Å². The summed E-state index contributed by atoms with van der Waals surface area (Å²) in [7, 11) is 0. The molecule has 1 amide bonds. The molecular weight excluding hydrogens is 290 g/mol. The fourth-order valence-electron chi connectivity index (χ4n) is 1.85. The van der Waals surface area contributed by atoms with Gasteiger partial charge in [0.2, 0.25) is 5.91 Å². The van der Waals surface area contributed by atoms with Crippen LogP contribution in [-0.2, 0) is 11.3 Å². The van der Waals surface area contributed by atoms with Crippen molar-refractivity contribution in [2.75, 3.05) is 10.6 Å². The average molecular weight is 305 g/mol. The smallest absolute Gasteiger partial charge is 0.324 e. The van der Waals surface area contributed by atoms with Gasteiger partial charge in [-0.25, -0.2) is 0 Å². The Morgan fingerprint density at radius 2 is 2.10 bits per heavy atom. The second-order valence-corrected chi connectivity index (χ2v) is 5.71. The molecule has 7 heteroatoms. The van der Waals surface area contributed by atoms with Crippen LogP contribution in [0.25, 0.3) is 0 Å². The minimum Gasteiger partial charge on any atom is -0.380 e. The van der Waals surface area contributed by atoms with Crippen molar-refractivity contribution >= 4 is 33.6 Å². The molecular formula is C14H15N3O3S. The van der Waals surface area contributed by atoms with E-state index >= 15 is 0 Å². The summed E-state index contributed by atoms with van der Waals surface area (Å²) in [5.74, 6) is -0.107. The predicted molar refractivity (Wildman–Crippen MR) is 83.8 cm³/mol. The molecule has 1 aromatic heterocycles. The summed E-state index contributed by atoms with van der Waals surface area (Å²) >= 11 is 1.16. The number of carbonyl (C=O) groups is 1. The van der Waals surface area contributed by atoms with Crippen molar-refractivity contribution in [1.82, 2.24) is 0 Å². The molecule has 0 spiro atoms. The van der Waals surface area contributed by atoms with Crippen molar-refractivity contribution < 1.29 is 9.72 Å². The van der Waals surface area contributed by atoms with E-state index in [1.54, 1.807) is 6.07 Å². The fourth-order valence-corrected chi connectivity index (χ4v) is 2.61. The first-order valence-corrected chi connectivity index (χ1v) is 7.12. The zero-order valence-electron chi connectivity index (χ0n) is 11.7. The van der Waals surface area contributed by atoms with Crippen LogP contribution in [-0.4, -0.2) is 10.8 Å². The van der Waals surface area contributed by atoms with Gasteiger partial charge in [0.05, 0.1) is 4.92 Å². The van der Waals surface area contributed by atoms with Crippen molar-refractivity contribution in [3.8, 4) is 0 Å². The van der Waals surface area contributed by atoms with Crippen molar-refractivity contribution in [3.63, 3.8) is 0 Å². The first-order valence-electron chi connectivity index (χ1n) is 6.31. The molecule has 0 fully saturated rings. The van der Waals surface area contributed by atoms with Gasteiger partial charge in [-0.15, -0.1) is 0 Å². The van der Waals surface area contributed by atoms with Crippen molar-refractivity contribution in [1.29, 1.82) is 0 Å². The summed E-state index contributed by atoms with van der Waals surface area (Å²) in [5.41, 5.74) is 2.63. The lowest BCUT2D eigenvalue weighted by molar-refractivity contribution is -0.380. The molecule has 0 aliphatic carbocycles. The second kappa shape index (κ2) is 6.36. The van der Waals surface area contributed by atoms with E-state index in [2.05, 4.69) is 10.6 Å². The zero-order chi connectivity index (χ0) is 15.4. The van der Waals surface area contributed by atoms with Gasteiger partial charge in [-0.05, 0) is 36.8 Å². The molecule has 0 saturated carbocycles. The highest BCUT2D eigenvalue weighted by molar-refractivity contribution is 7.15. The molecule has 0 radical (unpaired) electrons. The number of hydrogen-bond acceptors (Lipinski definition) is 5. The predicted octanol–water partition coefficient (Wildman–Crippen LogP) is 3.54. The van der Waals surface area contributed by atoms with Crippen molar-refractivity contribution in [3.05, 3.63) is 50.9 Å². The monoisotopic (exact) mass is 305 g/mol. The van der Waals surface area contributed by atoms with Crippen LogP contribution in [0, 0.1) is 17.0 Å². The van der Waals surface area contributed by atoms with E-state index in [0.29, 0.717) is 6.54 Å². The molecule has 0 bridgehead atoms. The first-order chi connectivity index (χ1) is 9.95. The van der Waals surface area contributed by atoms with Gasteiger partial charge in [0.1, 0.15) is 0 Å². The summed E-state index contributed by atoms with van der Waals surface area (Å²) in [6.07, 6.45) is 0. The average Bonchev–Trinajstić information content (AvgIpc) is 2.88. The Labute approximate surface area is 126 Å². The molecule has 0 aliphatic rings. The lowest BCUT2D eigenvalue weighted by Gasteiger charge is -2.10. The number of nitro groups is 1. The lowest BCUT2D eigenvalue weighted by atomic mass is 10.1. The van der Waals surface area contributed by atoms with Crippen molar-refractivity contribution in [2.45, 2.75) is 20.4 Å². The molecule has 0 aliphatic heterocycles. The number of anilines is 2. The highest BCUT2D eigenvalue weighted by Gasteiger charge is 2.09. The third kappa shape index (κ3) is 4.03. The molecule has 110 valence electrons. The molecule has 1 heterocycles. The maximum absolute atomic E-state index is 11.0. The van der Waals surface area contributed by atoms with Crippen LogP contribution in [0.3, 0.4) is 0 Å². The van der Waals surface area contributed by atoms with Crippen LogP contribution in [0.5, 0.6) is 0 Å². The number of carbonyl (C=O) groups excluding carboxylic acids is 1.